The molecule has 7 nitrogen and oxygen atoms in total. The van der Waals surface area contributed by atoms with Crippen molar-refractivity contribution in [2.24, 2.45) is 10.7 Å². The van der Waals surface area contributed by atoms with E-state index in [1.807, 2.05) is 0 Å². The number of piperidine rings is 1. The van der Waals surface area contributed by atoms with Gasteiger partial charge in [0, 0.05) is 6.04 Å². The molecule has 0 bridgehead atoms. The Morgan fingerprint density at radius 2 is 2.03 bits per heavy atom. The van der Waals surface area contributed by atoms with E-state index in [2.05, 4.69) is 37.5 Å². The summed E-state index contributed by atoms with van der Waals surface area (Å²) in [6.07, 6.45) is 5.18. The highest BCUT2D eigenvalue weighted by atomic mass is 35.5. The van der Waals surface area contributed by atoms with Crippen LogP contribution in [0.5, 0.6) is 0 Å². The van der Waals surface area contributed by atoms with Crippen LogP contribution in [0.15, 0.2) is 29.4 Å². The highest BCUT2D eigenvalue weighted by molar-refractivity contribution is 6.30. The number of hydrogen-bond donors (Lipinski definition) is 3. The summed E-state index contributed by atoms with van der Waals surface area (Å²) in [6.45, 7) is 2.06. The van der Waals surface area contributed by atoms with E-state index in [-0.39, 0.29) is 29.8 Å². The molecule has 0 spiro atoms. The number of benzene rings is 1. The summed E-state index contributed by atoms with van der Waals surface area (Å²) in [5.74, 6) is 0.00580. The summed E-state index contributed by atoms with van der Waals surface area (Å²) < 4.78 is 13.6. The summed E-state index contributed by atoms with van der Waals surface area (Å²) in [5, 5.41) is 6.42. The Morgan fingerprint density at radius 3 is 2.72 bits per heavy atom. The van der Waals surface area contributed by atoms with Crippen LogP contribution in [0.3, 0.4) is 0 Å². The van der Waals surface area contributed by atoms with Gasteiger partial charge < -0.3 is 15.5 Å². The molecule has 0 amide bonds. The minimum Gasteiger partial charge on any atom is -0.351 e. The number of aromatic nitrogens is 2. The van der Waals surface area contributed by atoms with Crippen LogP contribution < -0.4 is 16.4 Å². The third kappa shape index (κ3) is 4.73. The molecule has 11 heteroatoms. The molecule has 158 valence electrons. The van der Waals surface area contributed by atoms with E-state index < -0.39 is 11.5 Å². The highest BCUT2D eigenvalue weighted by Crippen LogP contribution is 2.34. The fraction of sp³-hybridized carbons (Fsp3) is 0.389. The summed E-state index contributed by atoms with van der Waals surface area (Å²) in [5.41, 5.74) is 7.10. The molecule has 0 saturated carbocycles. The molecule has 2 aliphatic rings. The van der Waals surface area contributed by atoms with Gasteiger partial charge in [0.25, 0.3) is 0 Å². The predicted molar refractivity (Wildman–Crippen MR) is 118 cm³/mol. The maximum absolute atomic E-state index is 13.6. The zero-order chi connectivity index (χ0) is 19.0. The van der Waals surface area contributed by atoms with Crippen molar-refractivity contribution in [3.63, 3.8) is 0 Å². The van der Waals surface area contributed by atoms with Crippen molar-refractivity contribution in [1.82, 2.24) is 20.2 Å². The number of hydrogen-bond acceptors (Lipinski definition) is 7. The lowest BCUT2D eigenvalue weighted by Gasteiger charge is -2.34. The van der Waals surface area contributed by atoms with Crippen molar-refractivity contribution < 1.29 is 4.39 Å². The molecule has 29 heavy (non-hydrogen) atoms. The molecule has 2 aromatic rings. The van der Waals surface area contributed by atoms with Gasteiger partial charge in [0.05, 0.1) is 17.6 Å². The molecule has 1 fully saturated rings. The van der Waals surface area contributed by atoms with Gasteiger partial charge in [-0.15, -0.1) is 24.8 Å². The monoisotopic (exact) mass is 461 g/mol. The normalized spacial score (nSPS) is 21.4. The van der Waals surface area contributed by atoms with E-state index in [0.717, 1.165) is 25.9 Å². The van der Waals surface area contributed by atoms with Gasteiger partial charge in [-0.3, -0.25) is 5.73 Å². The number of halogens is 4. The number of aliphatic imine (C=N–C) groups is 1. The average Bonchev–Trinajstić information content (AvgIpc) is 2.66. The van der Waals surface area contributed by atoms with Crippen molar-refractivity contribution >= 4 is 54.4 Å². The first-order valence-corrected chi connectivity index (χ1v) is 9.21. The first kappa shape index (κ1) is 23.6. The zero-order valence-corrected chi connectivity index (χ0v) is 18.1. The smallest absolute Gasteiger partial charge is 0.223 e. The van der Waals surface area contributed by atoms with Gasteiger partial charge in [0.1, 0.15) is 17.2 Å². The van der Waals surface area contributed by atoms with E-state index in [0.29, 0.717) is 28.9 Å². The van der Waals surface area contributed by atoms with Crippen LogP contribution in [0, 0.1) is 5.82 Å². The van der Waals surface area contributed by atoms with Crippen LogP contribution in [0.1, 0.15) is 24.1 Å². The Hall–Kier alpha value is -1.71. The van der Waals surface area contributed by atoms with Gasteiger partial charge in [-0.1, -0.05) is 17.7 Å². The molecule has 0 aliphatic carbocycles. The van der Waals surface area contributed by atoms with Gasteiger partial charge in [-0.2, -0.15) is 0 Å². The second-order valence-electron chi connectivity index (χ2n) is 6.99. The average molecular weight is 463 g/mol. The number of fused-ring (bicyclic) bond motifs is 1. The summed E-state index contributed by atoms with van der Waals surface area (Å²) in [7, 11) is 2.12. The van der Waals surface area contributed by atoms with Gasteiger partial charge in [0.2, 0.25) is 5.95 Å². The first-order valence-electron chi connectivity index (χ1n) is 8.83. The number of nitrogens with two attached hydrogens (primary N) is 1. The van der Waals surface area contributed by atoms with E-state index in [1.165, 1.54) is 18.5 Å². The van der Waals surface area contributed by atoms with Crippen molar-refractivity contribution in [3.8, 4) is 0 Å². The minimum absolute atomic E-state index is 0. The lowest BCUT2D eigenvalue weighted by atomic mass is 9.94. The number of nitrogens with zero attached hydrogens (tertiary/aromatic N) is 4. The number of rotatable bonds is 3. The van der Waals surface area contributed by atoms with Gasteiger partial charge in [-0.05, 0) is 50.7 Å². The largest absolute Gasteiger partial charge is 0.351 e. The summed E-state index contributed by atoms with van der Waals surface area (Å²) in [4.78, 5) is 15.6. The fourth-order valence-corrected chi connectivity index (χ4v) is 3.58. The molecule has 1 atom stereocenters. The Labute approximate surface area is 186 Å². The predicted octanol–water partition coefficient (Wildman–Crippen LogP) is 3.04. The van der Waals surface area contributed by atoms with Crippen LogP contribution in [0.25, 0.3) is 0 Å². The van der Waals surface area contributed by atoms with Crippen LogP contribution in [0.2, 0.25) is 5.02 Å². The Balaban J connectivity index is 0.00000150. The lowest BCUT2D eigenvalue weighted by molar-refractivity contribution is 0.263. The molecule has 0 radical (unpaired) electrons. The molecule has 1 aromatic carbocycles. The lowest BCUT2D eigenvalue weighted by Crippen LogP contribution is -2.53. The second-order valence-corrected chi connectivity index (χ2v) is 7.40. The number of nitrogens with one attached hydrogen (secondary N) is 2. The van der Waals surface area contributed by atoms with Crippen LogP contribution in [-0.4, -0.2) is 47.4 Å². The van der Waals surface area contributed by atoms with Crippen molar-refractivity contribution in [1.29, 1.82) is 0 Å². The minimum atomic E-state index is -1.18. The molecule has 2 aliphatic heterocycles. The van der Waals surface area contributed by atoms with Crippen LogP contribution >= 0.6 is 36.4 Å². The molecular weight excluding hydrogens is 440 g/mol. The van der Waals surface area contributed by atoms with Crippen molar-refractivity contribution in [3.05, 3.63) is 46.5 Å². The number of anilines is 1. The third-order valence-electron chi connectivity index (χ3n) is 5.07. The summed E-state index contributed by atoms with van der Waals surface area (Å²) >= 11 is 5.95. The molecular formula is C18H23Cl3FN7. The first-order chi connectivity index (χ1) is 13.0. The van der Waals surface area contributed by atoms with E-state index in [1.54, 1.807) is 12.3 Å². The van der Waals surface area contributed by atoms with E-state index in [9.17, 15) is 4.39 Å². The third-order valence-corrected chi connectivity index (χ3v) is 5.36. The second kappa shape index (κ2) is 9.40. The van der Waals surface area contributed by atoms with Crippen LogP contribution in [-0.2, 0) is 5.66 Å². The Bertz CT molecular complexity index is 890. The van der Waals surface area contributed by atoms with E-state index in [4.69, 9.17) is 17.3 Å². The molecule has 3 heterocycles. The standard InChI is InChI=1S/C18H21ClFN7.2ClH/c1-27-6-4-12(5-7-27)25-17-22-9-15-16(26-17)18(21,24-10-23-15)11-2-3-14(20)13(19)8-11;;/h2-3,8-10,12H,4-7,21H2,1H3,(H,23,24)(H,22,25,26);2*1H. The molecule has 1 unspecified atom stereocenters. The molecule has 1 saturated heterocycles. The summed E-state index contributed by atoms with van der Waals surface area (Å²) in [6, 6.07) is 4.69. The van der Waals surface area contributed by atoms with Crippen LogP contribution in [0.4, 0.5) is 16.0 Å². The van der Waals surface area contributed by atoms with E-state index >= 15 is 0 Å². The van der Waals surface area contributed by atoms with Crippen molar-refractivity contribution in [2.75, 3.05) is 25.5 Å². The fourth-order valence-electron chi connectivity index (χ4n) is 3.40. The highest BCUT2D eigenvalue weighted by Gasteiger charge is 2.36. The Morgan fingerprint density at radius 1 is 1.31 bits per heavy atom. The number of likely N-dealkylation sites (tertiary alicyclic amines) is 1. The van der Waals surface area contributed by atoms with Crippen molar-refractivity contribution in [2.45, 2.75) is 24.5 Å². The molecule has 1 aromatic heterocycles. The Kier molecular flexibility index (Phi) is 7.64. The molecule has 4 rings (SSSR count). The maximum Gasteiger partial charge on any atom is 0.223 e. The quantitative estimate of drug-likeness (QED) is 0.649. The SMILES string of the molecule is CN1CCC(Nc2ncc3c(n2)C(N)(c2ccc(F)c(Cl)c2)NC=N3)CC1.Cl.Cl. The maximum atomic E-state index is 13.6. The van der Waals surface area contributed by atoms with Gasteiger partial charge >= 0.3 is 0 Å². The van der Waals surface area contributed by atoms with Gasteiger partial charge in [-0.25, -0.2) is 19.4 Å². The zero-order valence-electron chi connectivity index (χ0n) is 15.7. The topological polar surface area (TPSA) is 91.5 Å². The molecule has 4 N–H and O–H groups in total. The van der Waals surface area contributed by atoms with Gasteiger partial charge in [0.15, 0.2) is 5.66 Å².